The molecule has 0 bridgehead atoms. The number of nitrogens with zero attached hydrogens (tertiary/aromatic N) is 1. The molecule has 1 aromatic carbocycles. The summed E-state index contributed by atoms with van der Waals surface area (Å²) in [5.74, 6) is 0. The second kappa shape index (κ2) is 6.46. The molecular formula is C18H23N3O2. The average molecular weight is 313 g/mol. The first-order chi connectivity index (χ1) is 11.1. The van der Waals surface area contributed by atoms with Gasteiger partial charge in [0.1, 0.15) is 6.61 Å². The van der Waals surface area contributed by atoms with Crippen LogP contribution in [0.1, 0.15) is 17.7 Å². The number of carbonyl (C=O) groups is 1. The maximum Gasteiger partial charge on any atom is 0.411 e. The van der Waals surface area contributed by atoms with E-state index < -0.39 is 6.09 Å². The number of hydrogen-bond acceptors (Lipinski definition) is 3. The minimum Gasteiger partial charge on any atom is -0.445 e. The molecule has 0 saturated carbocycles. The number of hydrogen-bond donors (Lipinski definition) is 2. The van der Waals surface area contributed by atoms with Crippen LogP contribution in [-0.4, -0.2) is 42.7 Å². The smallest absolute Gasteiger partial charge is 0.411 e. The molecule has 1 aliphatic rings. The number of benzene rings is 1. The summed E-state index contributed by atoms with van der Waals surface area (Å²) in [6, 6.07) is 6.50. The van der Waals surface area contributed by atoms with Crippen LogP contribution in [-0.2, 0) is 17.6 Å². The Morgan fingerprint density at radius 3 is 3.09 bits per heavy atom. The Bertz CT molecular complexity index is 733. The van der Waals surface area contributed by atoms with Crippen LogP contribution in [0.2, 0.25) is 0 Å². The SMILES string of the molecule is C=CCOC(=O)Nc1ccc2[nH]c3c(c2c1)CC(N(C)C)CC3. The van der Waals surface area contributed by atoms with E-state index in [4.69, 9.17) is 4.74 Å². The molecule has 1 aromatic heterocycles. The molecule has 0 spiro atoms. The van der Waals surface area contributed by atoms with Gasteiger partial charge in [-0.2, -0.15) is 0 Å². The van der Waals surface area contributed by atoms with E-state index in [1.165, 1.54) is 23.1 Å². The van der Waals surface area contributed by atoms with Crippen molar-refractivity contribution in [1.82, 2.24) is 9.88 Å². The van der Waals surface area contributed by atoms with Crippen LogP contribution >= 0.6 is 0 Å². The highest BCUT2D eigenvalue weighted by atomic mass is 16.5. The Labute approximate surface area is 136 Å². The zero-order valence-corrected chi connectivity index (χ0v) is 13.7. The fourth-order valence-corrected chi connectivity index (χ4v) is 3.21. The fourth-order valence-electron chi connectivity index (χ4n) is 3.21. The Kier molecular flexibility index (Phi) is 4.39. The van der Waals surface area contributed by atoms with Crippen molar-refractivity contribution in [2.24, 2.45) is 0 Å². The standard InChI is InChI=1S/C18H23N3O2/c1-4-9-23-18(22)19-12-5-7-16-14(10-12)15-11-13(21(2)3)6-8-17(15)20-16/h4-5,7,10,13,20H,1,6,8-9,11H2,2-3H3,(H,19,22). The van der Waals surface area contributed by atoms with Gasteiger partial charge in [0.15, 0.2) is 0 Å². The van der Waals surface area contributed by atoms with Gasteiger partial charge in [0.05, 0.1) is 0 Å². The Balaban J connectivity index is 1.86. The number of aryl methyl sites for hydroxylation is 1. The summed E-state index contributed by atoms with van der Waals surface area (Å²) in [5, 5.41) is 3.95. The second-order valence-electron chi connectivity index (χ2n) is 6.21. The van der Waals surface area contributed by atoms with Crippen LogP contribution in [0.25, 0.3) is 10.9 Å². The summed E-state index contributed by atoms with van der Waals surface area (Å²) in [5.41, 5.74) is 4.57. The minimum absolute atomic E-state index is 0.206. The number of carbonyl (C=O) groups excluding carboxylic acids is 1. The van der Waals surface area contributed by atoms with Gasteiger partial charge in [-0.05, 0) is 57.1 Å². The lowest BCUT2D eigenvalue weighted by Crippen LogP contribution is -2.33. The quantitative estimate of drug-likeness (QED) is 0.851. The Morgan fingerprint density at radius 2 is 2.35 bits per heavy atom. The van der Waals surface area contributed by atoms with Crippen molar-refractivity contribution in [2.45, 2.75) is 25.3 Å². The van der Waals surface area contributed by atoms with Crippen LogP contribution in [0.3, 0.4) is 0 Å². The van der Waals surface area contributed by atoms with Gasteiger partial charge in [-0.1, -0.05) is 12.7 Å². The topological polar surface area (TPSA) is 57.4 Å². The van der Waals surface area contributed by atoms with Gasteiger partial charge in [0, 0.05) is 28.3 Å². The lowest BCUT2D eigenvalue weighted by atomic mass is 9.91. The zero-order chi connectivity index (χ0) is 16.4. The van der Waals surface area contributed by atoms with Crippen LogP contribution in [0, 0.1) is 0 Å². The van der Waals surface area contributed by atoms with E-state index in [0.717, 1.165) is 24.0 Å². The zero-order valence-electron chi connectivity index (χ0n) is 13.7. The molecule has 2 aromatic rings. The summed E-state index contributed by atoms with van der Waals surface area (Å²) in [4.78, 5) is 17.5. The molecule has 0 radical (unpaired) electrons. The van der Waals surface area contributed by atoms with E-state index >= 15 is 0 Å². The largest absolute Gasteiger partial charge is 0.445 e. The monoisotopic (exact) mass is 313 g/mol. The highest BCUT2D eigenvalue weighted by Gasteiger charge is 2.23. The van der Waals surface area contributed by atoms with Crippen molar-refractivity contribution in [3.63, 3.8) is 0 Å². The first-order valence-electron chi connectivity index (χ1n) is 7.93. The van der Waals surface area contributed by atoms with E-state index in [2.05, 4.69) is 35.9 Å². The summed E-state index contributed by atoms with van der Waals surface area (Å²) in [6.07, 6.45) is 4.36. The van der Waals surface area contributed by atoms with Gasteiger partial charge in [0.25, 0.3) is 0 Å². The number of anilines is 1. The third-order valence-electron chi connectivity index (χ3n) is 4.47. The van der Waals surface area contributed by atoms with Gasteiger partial charge >= 0.3 is 6.09 Å². The van der Waals surface area contributed by atoms with E-state index in [1.54, 1.807) is 6.08 Å². The molecule has 3 rings (SSSR count). The highest BCUT2D eigenvalue weighted by molar-refractivity contribution is 5.92. The van der Waals surface area contributed by atoms with Crippen molar-refractivity contribution in [3.05, 3.63) is 42.1 Å². The number of aromatic amines is 1. The first-order valence-corrected chi connectivity index (χ1v) is 7.93. The number of fused-ring (bicyclic) bond motifs is 3. The van der Waals surface area contributed by atoms with Crippen LogP contribution < -0.4 is 5.32 Å². The van der Waals surface area contributed by atoms with E-state index in [-0.39, 0.29) is 6.61 Å². The van der Waals surface area contributed by atoms with Crippen LogP contribution in [0.15, 0.2) is 30.9 Å². The van der Waals surface area contributed by atoms with Gasteiger partial charge < -0.3 is 14.6 Å². The third kappa shape index (κ3) is 3.24. The lowest BCUT2D eigenvalue weighted by Gasteiger charge is -2.28. The molecule has 1 unspecified atom stereocenters. The van der Waals surface area contributed by atoms with Gasteiger partial charge in [0.2, 0.25) is 0 Å². The third-order valence-corrected chi connectivity index (χ3v) is 4.47. The molecular weight excluding hydrogens is 290 g/mol. The molecule has 1 heterocycles. The summed E-state index contributed by atoms with van der Waals surface area (Å²) < 4.78 is 4.97. The molecule has 0 saturated heterocycles. The predicted octanol–water partition coefficient (Wildman–Crippen LogP) is 3.32. The normalized spacial score (nSPS) is 17.1. The van der Waals surface area contributed by atoms with Crippen LogP contribution in [0.5, 0.6) is 0 Å². The number of aromatic nitrogens is 1. The predicted molar refractivity (Wildman–Crippen MR) is 93.0 cm³/mol. The molecule has 1 amide bonds. The molecule has 0 fully saturated rings. The number of ether oxygens (including phenoxy) is 1. The molecule has 122 valence electrons. The first kappa shape index (κ1) is 15.6. The van der Waals surface area contributed by atoms with Crippen LogP contribution in [0.4, 0.5) is 10.5 Å². The maximum absolute atomic E-state index is 11.7. The Hall–Kier alpha value is -2.27. The molecule has 0 aliphatic heterocycles. The average Bonchev–Trinajstić information content (AvgIpc) is 2.90. The molecule has 5 heteroatoms. The number of rotatable bonds is 4. The summed E-state index contributed by atoms with van der Waals surface area (Å²) >= 11 is 0. The number of amides is 1. The highest BCUT2D eigenvalue weighted by Crippen LogP contribution is 2.32. The fraction of sp³-hybridized carbons (Fsp3) is 0.389. The van der Waals surface area contributed by atoms with E-state index in [1.807, 2.05) is 18.2 Å². The minimum atomic E-state index is -0.458. The van der Waals surface area contributed by atoms with E-state index in [0.29, 0.717) is 6.04 Å². The molecule has 2 N–H and O–H groups in total. The Morgan fingerprint density at radius 1 is 1.52 bits per heavy atom. The van der Waals surface area contributed by atoms with Gasteiger partial charge in [-0.3, -0.25) is 5.32 Å². The number of likely N-dealkylation sites (N-methyl/N-ethyl adjacent to an activating group) is 1. The second-order valence-corrected chi connectivity index (χ2v) is 6.21. The summed E-state index contributed by atoms with van der Waals surface area (Å²) in [6.45, 7) is 3.74. The van der Waals surface area contributed by atoms with Crippen molar-refractivity contribution in [1.29, 1.82) is 0 Å². The molecule has 1 atom stereocenters. The van der Waals surface area contributed by atoms with Crippen molar-refractivity contribution < 1.29 is 9.53 Å². The number of nitrogens with one attached hydrogen (secondary N) is 2. The molecule has 23 heavy (non-hydrogen) atoms. The van der Waals surface area contributed by atoms with Crippen molar-refractivity contribution in [3.8, 4) is 0 Å². The lowest BCUT2D eigenvalue weighted by molar-refractivity contribution is 0.174. The van der Waals surface area contributed by atoms with Crippen molar-refractivity contribution in [2.75, 3.05) is 26.0 Å². The number of H-pyrrole nitrogens is 1. The summed E-state index contributed by atoms with van der Waals surface area (Å²) in [7, 11) is 4.26. The maximum atomic E-state index is 11.7. The molecule has 1 aliphatic carbocycles. The molecule has 5 nitrogen and oxygen atoms in total. The van der Waals surface area contributed by atoms with Gasteiger partial charge in [-0.15, -0.1) is 0 Å². The van der Waals surface area contributed by atoms with Crippen molar-refractivity contribution >= 4 is 22.7 Å². The van der Waals surface area contributed by atoms with Gasteiger partial charge in [-0.25, -0.2) is 4.79 Å². The van der Waals surface area contributed by atoms with E-state index in [9.17, 15) is 4.79 Å².